The smallest absolute Gasteiger partial charge is 0.164 e. The van der Waals surface area contributed by atoms with E-state index in [1.54, 1.807) is 0 Å². The summed E-state index contributed by atoms with van der Waals surface area (Å²) in [7, 11) is 0. The molecule has 0 aliphatic rings. The second-order valence-corrected chi connectivity index (χ2v) is 14.0. The Morgan fingerprint density at radius 3 is 1.70 bits per heavy atom. The van der Waals surface area contributed by atoms with Crippen LogP contribution < -0.4 is 0 Å². The molecule has 5 nitrogen and oxygen atoms in total. The van der Waals surface area contributed by atoms with E-state index in [2.05, 4.69) is 144 Å². The van der Waals surface area contributed by atoms with Gasteiger partial charge >= 0.3 is 0 Å². The van der Waals surface area contributed by atoms with E-state index in [1.165, 1.54) is 5.39 Å². The number of fused-ring (bicyclic) bond motifs is 6. The third kappa shape index (κ3) is 5.29. The van der Waals surface area contributed by atoms with E-state index in [1.807, 2.05) is 54.6 Å². The van der Waals surface area contributed by atoms with Crippen molar-refractivity contribution < 1.29 is 4.42 Å². The van der Waals surface area contributed by atoms with Crippen molar-refractivity contribution in [1.82, 2.24) is 19.5 Å². The molecular formula is C51H32N4O. The van der Waals surface area contributed by atoms with Gasteiger partial charge in [-0.25, -0.2) is 15.0 Å². The monoisotopic (exact) mass is 716 g/mol. The lowest BCUT2D eigenvalue weighted by Gasteiger charge is -2.11. The Kier molecular flexibility index (Phi) is 7.42. The van der Waals surface area contributed by atoms with Crippen molar-refractivity contribution in [2.75, 3.05) is 0 Å². The first-order valence-electron chi connectivity index (χ1n) is 18.8. The van der Waals surface area contributed by atoms with Crippen LogP contribution in [0.3, 0.4) is 0 Å². The molecule has 3 aromatic heterocycles. The van der Waals surface area contributed by atoms with Crippen LogP contribution in [0.4, 0.5) is 0 Å². The molecule has 3 heterocycles. The van der Waals surface area contributed by atoms with Crippen LogP contribution in [0.15, 0.2) is 199 Å². The van der Waals surface area contributed by atoms with Crippen molar-refractivity contribution >= 4 is 43.7 Å². The van der Waals surface area contributed by atoms with Crippen molar-refractivity contribution in [3.63, 3.8) is 0 Å². The van der Waals surface area contributed by atoms with Crippen LogP contribution >= 0.6 is 0 Å². The standard InChI is InChI=1S/C51H32N4O/c1-5-16-33(17-6-1)37-31-41(34-18-7-2-8-19-34)48-43(32-37)47-40(25-15-27-46(47)56-48)51-53-49(35-20-9-3-10-21-35)52-50(54-51)36-28-29-45-42(30-36)39-24-13-14-26-44(39)55(45)38-22-11-4-12-23-38/h1-32H. The van der Waals surface area contributed by atoms with Gasteiger partial charge in [-0.15, -0.1) is 0 Å². The SMILES string of the molecule is c1ccc(-c2cc(-c3ccccc3)c3oc4cccc(-c5nc(-c6ccccc6)nc(-c6ccc7c(c6)c6ccccc6n7-c6ccccc6)n5)c4c3c2)cc1. The molecule has 0 unspecified atom stereocenters. The van der Waals surface area contributed by atoms with E-state index in [4.69, 9.17) is 19.4 Å². The highest BCUT2D eigenvalue weighted by Crippen LogP contribution is 2.43. The first-order chi connectivity index (χ1) is 27.8. The quantitative estimate of drug-likeness (QED) is 0.172. The molecule has 0 bridgehead atoms. The zero-order chi connectivity index (χ0) is 37.0. The maximum atomic E-state index is 6.78. The predicted octanol–water partition coefficient (Wildman–Crippen LogP) is 13.2. The molecule has 0 aliphatic heterocycles. The molecule has 0 radical (unpaired) electrons. The Bertz CT molecular complexity index is 3230. The Morgan fingerprint density at radius 2 is 0.946 bits per heavy atom. The maximum absolute atomic E-state index is 6.78. The molecule has 0 amide bonds. The third-order valence-electron chi connectivity index (χ3n) is 10.6. The largest absolute Gasteiger partial charge is 0.455 e. The average Bonchev–Trinajstić information content (AvgIpc) is 3.83. The lowest BCUT2D eigenvalue weighted by atomic mass is 9.95. The Labute approximate surface area is 322 Å². The number of hydrogen-bond donors (Lipinski definition) is 0. The molecule has 11 aromatic rings. The molecule has 0 N–H and O–H groups in total. The minimum atomic E-state index is 0.584. The van der Waals surface area contributed by atoms with Crippen LogP contribution in [0, 0.1) is 0 Å². The lowest BCUT2D eigenvalue weighted by molar-refractivity contribution is 0.670. The van der Waals surface area contributed by atoms with Crippen LogP contribution in [-0.4, -0.2) is 19.5 Å². The van der Waals surface area contributed by atoms with Gasteiger partial charge in [0.15, 0.2) is 17.5 Å². The third-order valence-corrected chi connectivity index (χ3v) is 10.6. The van der Waals surface area contributed by atoms with Gasteiger partial charge in [-0.2, -0.15) is 0 Å². The zero-order valence-corrected chi connectivity index (χ0v) is 30.2. The molecule has 11 rings (SSSR count). The fourth-order valence-electron chi connectivity index (χ4n) is 8.05. The minimum Gasteiger partial charge on any atom is -0.455 e. The topological polar surface area (TPSA) is 56.7 Å². The van der Waals surface area contributed by atoms with E-state index in [0.717, 1.165) is 83.0 Å². The van der Waals surface area contributed by atoms with E-state index in [-0.39, 0.29) is 0 Å². The highest BCUT2D eigenvalue weighted by Gasteiger charge is 2.21. The van der Waals surface area contributed by atoms with Gasteiger partial charge < -0.3 is 8.98 Å². The first kappa shape index (κ1) is 31.9. The summed E-state index contributed by atoms with van der Waals surface area (Å²) in [6.45, 7) is 0. The summed E-state index contributed by atoms with van der Waals surface area (Å²) < 4.78 is 9.10. The molecule has 0 fully saturated rings. The summed E-state index contributed by atoms with van der Waals surface area (Å²) in [4.78, 5) is 15.6. The van der Waals surface area contributed by atoms with Crippen LogP contribution in [-0.2, 0) is 0 Å². The zero-order valence-electron chi connectivity index (χ0n) is 30.2. The predicted molar refractivity (Wildman–Crippen MR) is 229 cm³/mol. The van der Waals surface area contributed by atoms with Crippen LogP contribution in [0.1, 0.15) is 0 Å². The normalized spacial score (nSPS) is 11.6. The van der Waals surface area contributed by atoms with E-state index < -0.39 is 0 Å². The molecule has 56 heavy (non-hydrogen) atoms. The maximum Gasteiger partial charge on any atom is 0.164 e. The number of aromatic nitrogens is 4. The van der Waals surface area contributed by atoms with Gasteiger partial charge in [-0.1, -0.05) is 140 Å². The number of hydrogen-bond acceptors (Lipinski definition) is 4. The summed E-state index contributed by atoms with van der Waals surface area (Å²) in [5, 5.41) is 4.28. The molecule has 0 aliphatic carbocycles. The van der Waals surface area contributed by atoms with Gasteiger partial charge in [0.2, 0.25) is 0 Å². The Hall–Kier alpha value is -7.63. The number of rotatable bonds is 6. The number of benzene rings is 8. The average molecular weight is 717 g/mol. The molecule has 0 spiro atoms. The fraction of sp³-hybridized carbons (Fsp3) is 0. The van der Waals surface area contributed by atoms with Gasteiger partial charge in [0, 0.05) is 49.5 Å². The molecule has 0 saturated carbocycles. The lowest BCUT2D eigenvalue weighted by Crippen LogP contribution is -2.00. The van der Waals surface area contributed by atoms with Gasteiger partial charge in [-0.05, 0) is 71.3 Å². The van der Waals surface area contributed by atoms with Crippen LogP contribution in [0.5, 0.6) is 0 Å². The van der Waals surface area contributed by atoms with E-state index >= 15 is 0 Å². The minimum absolute atomic E-state index is 0.584. The number of nitrogens with zero attached hydrogens (tertiary/aromatic N) is 4. The highest BCUT2D eigenvalue weighted by atomic mass is 16.3. The van der Waals surface area contributed by atoms with E-state index in [9.17, 15) is 0 Å². The van der Waals surface area contributed by atoms with Gasteiger partial charge in [0.25, 0.3) is 0 Å². The summed E-state index contributed by atoms with van der Waals surface area (Å²) >= 11 is 0. The summed E-state index contributed by atoms with van der Waals surface area (Å²) in [6, 6.07) is 67.3. The molecule has 5 heteroatoms. The van der Waals surface area contributed by atoms with Crippen molar-refractivity contribution in [2.24, 2.45) is 0 Å². The van der Waals surface area contributed by atoms with Crippen molar-refractivity contribution in [1.29, 1.82) is 0 Å². The van der Waals surface area contributed by atoms with Gasteiger partial charge in [0.05, 0.1) is 11.0 Å². The summed E-state index contributed by atoms with van der Waals surface area (Å²) in [5.41, 5.74) is 12.1. The van der Waals surface area contributed by atoms with Gasteiger partial charge in [-0.3, -0.25) is 0 Å². The Morgan fingerprint density at radius 1 is 0.357 bits per heavy atom. The molecule has 262 valence electrons. The molecule has 0 saturated heterocycles. The summed E-state index contributed by atoms with van der Waals surface area (Å²) in [5.74, 6) is 1.80. The molecule has 8 aromatic carbocycles. The second-order valence-electron chi connectivity index (χ2n) is 14.0. The van der Waals surface area contributed by atoms with Gasteiger partial charge in [0.1, 0.15) is 11.2 Å². The summed E-state index contributed by atoms with van der Waals surface area (Å²) in [6.07, 6.45) is 0. The second kappa shape index (κ2) is 13.0. The van der Waals surface area contributed by atoms with Crippen molar-refractivity contribution in [3.05, 3.63) is 194 Å². The van der Waals surface area contributed by atoms with Crippen molar-refractivity contribution in [3.8, 4) is 62.1 Å². The van der Waals surface area contributed by atoms with E-state index in [0.29, 0.717) is 17.5 Å². The van der Waals surface area contributed by atoms with Crippen LogP contribution in [0.25, 0.3) is 106 Å². The highest BCUT2D eigenvalue weighted by molar-refractivity contribution is 6.16. The number of para-hydroxylation sites is 2. The van der Waals surface area contributed by atoms with Crippen LogP contribution in [0.2, 0.25) is 0 Å². The Balaban J connectivity index is 1.16. The van der Waals surface area contributed by atoms with Crippen molar-refractivity contribution in [2.45, 2.75) is 0 Å². The fourth-order valence-corrected chi connectivity index (χ4v) is 8.05. The first-order valence-corrected chi connectivity index (χ1v) is 18.8. The molecule has 0 atom stereocenters. The molecular weight excluding hydrogens is 685 g/mol. The number of furan rings is 1.